The van der Waals surface area contributed by atoms with Crippen molar-refractivity contribution in [2.24, 2.45) is 0 Å². The zero-order valence-electron chi connectivity index (χ0n) is 18.5. The minimum atomic E-state index is -0.272. The maximum absolute atomic E-state index is 13.2. The molecule has 8 heteroatoms. The largest absolute Gasteiger partial charge is 0.486 e. The van der Waals surface area contributed by atoms with Gasteiger partial charge in [-0.15, -0.1) is 11.3 Å². The molecule has 1 amide bonds. The van der Waals surface area contributed by atoms with E-state index in [1.807, 2.05) is 18.2 Å². The fourth-order valence-corrected chi connectivity index (χ4v) is 5.54. The fourth-order valence-electron chi connectivity index (χ4n) is 4.55. The molecule has 0 unspecified atom stereocenters. The highest BCUT2D eigenvalue weighted by Gasteiger charge is 2.24. The summed E-state index contributed by atoms with van der Waals surface area (Å²) in [5, 5.41) is 3.78. The van der Waals surface area contributed by atoms with Crippen LogP contribution in [0.5, 0.6) is 11.5 Å². The normalized spacial score (nSPS) is 15.2. The summed E-state index contributed by atoms with van der Waals surface area (Å²) >= 11 is 1.33. The van der Waals surface area contributed by atoms with E-state index < -0.39 is 0 Å². The number of hydrogen-bond donors (Lipinski definition) is 2. The van der Waals surface area contributed by atoms with E-state index in [1.54, 1.807) is 6.07 Å². The van der Waals surface area contributed by atoms with Gasteiger partial charge in [-0.25, -0.2) is 4.98 Å². The van der Waals surface area contributed by atoms with E-state index in [9.17, 15) is 4.79 Å². The Kier molecular flexibility index (Phi) is 5.31. The lowest BCUT2D eigenvalue weighted by Crippen LogP contribution is -2.30. The summed E-state index contributed by atoms with van der Waals surface area (Å²) in [7, 11) is 0. The number of aromatic nitrogens is 1. The van der Waals surface area contributed by atoms with Crippen molar-refractivity contribution in [2.45, 2.75) is 19.5 Å². The standard InChI is InChI=1S/C26H24N4O3S/c27-22-18-13-17-15-30(14-16-5-2-1-3-6-16)10-9-19(17)29-26(18)34-24(22)25(31)28-20-7-4-8-21-23(20)33-12-11-32-21/h1-8,13H,9-12,14-15,27H2,(H,28,31). The third-order valence-corrected chi connectivity index (χ3v) is 7.33. The molecule has 3 N–H and O–H groups in total. The molecule has 0 saturated carbocycles. The smallest absolute Gasteiger partial charge is 0.268 e. The number of anilines is 2. The summed E-state index contributed by atoms with van der Waals surface area (Å²) in [6.07, 6.45) is 0.880. The number of carbonyl (C=O) groups excluding carboxylic acids is 1. The zero-order chi connectivity index (χ0) is 23.1. The molecule has 0 spiro atoms. The third kappa shape index (κ3) is 3.85. The van der Waals surface area contributed by atoms with Crippen LogP contribution in [0.25, 0.3) is 10.2 Å². The van der Waals surface area contributed by atoms with Crippen LogP contribution in [0.2, 0.25) is 0 Å². The molecule has 0 saturated heterocycles. The predicted octanol–water partition coefficient (Wildman–Crippen LogP) is 4.46. The van der Waals surface area contributed by atoms with Crippen LogP contribution in [0.4, 0.5) is 11.4 Å². The SMILES string of the molecule is Nc1c(C(=O)Nc2cccc3c2OCCO3)sc2nc3c(cc12)CN(Cc1ccccc1)CC3. The number of amides is 1. The zero-order valence-corrected chi connectivity index (χ0v) is 19.4. The number of nitrogens with one attached hydrogen (secondary N) is 1. The Balaban J connectivity index is 1.26. The van der Waals surface area contributed by atoms with Crippen LogP contribution in [0.1, 0.15) is 26.5 Å². The van der Waals surface area contributed by atoms with Crippen molar-refractivity contribution in [3.63, 3.8) is 0 Å². The molecule has 172 valence electrons. The quantitative estimate of drug-likeness (QED) is 0.456. The Morgan fingerprint density at radius 1 is 1.12 bits per heavy atom. The van der Waals surface area contributed by atoms with Gasteiger partial charge in [-0.3, -0.25) is 9.69 Å². The first-order valence-electron chi connectivity index (χ1n) is 11.3. The Morgan fingerprint density at radius 2 is 1.97 bits per heavy atom. The summed E-state index contributed by atoms with van der Waals surface area (Å²) < 4.78 is 11.3. The molecule has 6 rings (SSSR count). The van der Waals surface area contributed by atoms with Crippen molar-refractivity contribution in [1.29, 1.82) is 0 Å². The minimum absolute atomic E-state index is 0.272. The highest BCUT2D eigenvalue weighted by atomic mass is 32.1. The number of rotatable bonds is 4. The molecular weight excluding hydrogens is 448 g/mol. The van der Waals surface area contributed by atoms with Crippen molar-refractivity contribution in [3.8, 4) is 11.5 Å². The van der Waals surface area contributed by atoms with Crippen LogP contribution in [0.3, 0.4) is 0 Å². The number of nitrogens with zero attached hydrogens (tertiary/aromatic N) is 2. The Bertz CT molecular complexity index is 1390. The molecule has 0 atom stereocenters. The second-order valence-corrected chi connectivity index (χ2v) is 9.52. The molecule has 2 aliphatic heterocycles. The Labute approximate surface area is 201 Å². The number of ether oxygens (including phenoxy) is 2. The summed E-state index contributed by atoms with van der Waals surface area (Å²) in [4.78, 5) is 21.7. The third-order valence-electron chi connectivity index (χ3n) is 6.22. The lowest BCUT2D eigenvalue weighted by atomic mass is 10.0. The van der Waals surface area contributed by atoms with Gasteiger partial charge in [0.05, 0.1) is 11.4 Å². The van der Waals surface area contributed by atoms with Crippen LogP contribution < -0.4 is 20.5 Å². The number of para-hydroxylation sites is 1. The molecule has 0 bridgehead atoms. The number of fused-ring (bicyclic) bond motifs is 3. The monoisotopic (exact) mass is 472 g/mol. The minimum Gasteiger partial charge on any atom is -0.486 e. The van der Waals surface area contributed by atoms with Crippen molar-refractivity contribution in [3.05, 3.63) is 76.3 Å². The van der Waals surface area contributed by atoms with E-state index in [1.165, 1.54) is 22.5 Å². The van der Waals surface area contributed by atoms with E-state index in [0.717, 1.165) is 42.0 Å². The maximum atomic E-state index is 13.2. The molecule has 2 aromatic heterocycles. The van der Waals surface area contributed by atoms with Crippen molar-refractivity contribution in [1.82, 2.24) is 9.88 Å². The molecule has 4 heterocycles. The van der Waals surface area contributed by atoms with Gasteiger partial charge in [0.15, 0.2) is 11.5 Å². The number of nitrogens with two attached hydrogens (primary N) is 1. The van der Waals surface area contributed by atoms with E-state index in [-0.39, 0.29) is 5.91 Å². The van der Waals surface area contributed by atoms with Gasteiger partial charge in [-0.2, -0.15) is 0 Å². The molecule has 4 aromatic rings. The summed E-state index contributed by atoms with van der Waals surface area (Å²) in [5.74, 6) is 0.906. The van der Waals surface area contributed by atoms with Gasteiger partial charge in [0.2, 0.25) is 0 Å². The fraction of sp³-hybridized carbons (Fsp3) is 0.231. The van der Waals surface area contributed by atoms with Crippen LogP contribution in [-0.2, 0) is 19.5 Å². The molecule has 0 aliphatic carbocycles. The van der Waals surface area contributed by atoms with Crippen LogP contribution in [0, 0.1) is 0 Å². The van der Waals surface area contributed by atoms with E-state index in [2.05, 4.69) is 40.5 Å². The average molecular weight is 473 g/mol. The molecule has 0 radical (unpaired) electrons. The van der Waals surface area contributed by atoms with Gasteiger partial charge in [-0.05, 0) is 29.3 Å². The summed E-state index contributed by atoms with van der Waals surface area (Å²) in [5.41, 5.74) is 11.1. The highest BCUT2D eigenvalue weighted by molar-refractivity contribution is 7.21. The van der Waals surface area contributed by atoms with E-state index in [0.29, 0.717) is 41.0 Å². The lowest BCUT2D eigenvalue weighted by molar-refractivity contribution is 0.103. The van der Waals surface area contributed by atoms with Gasteiger partial charge in [0.25, 0.3) is 5.91 Å². The Morgan fingerprint density at radius 3 is 2.85 bits per heavy atom. The number of thiophene rings is 1. The summed E-state index contributed by atoms with van der Waals surface area (Å²) in [6.45, 7) is 3.61. The molecule has 7 nitrogen and oxygen atoms in total. The van der Waals surface area contributed by atoms with Crippen LogP contribution in [-0.4, -0.2) is 35.5 Å². The number of benzene rings is 2. The van der Waals surface area contributed by atoms with Crippen LogP contribution in [0.15, 0.2) is 54.6 Å². The number of hydrogen-bond acceptors (Lipinski definition) is 7. The molecule has 34 heavy (non-hydrogen) atoms. The molecule has 2 aliphatic rings. The second kappa shape index (κ2) is 8.62. The van der Waals surface area contributed by atoms with Crippen molar-refractivity contribution < 1.29 is 14.3 Å². The highest BCUT2D eigenvalue weighted by Crippen LogP contribution is 2.39. The van der Waals surface area contributed by atoms with Gasteiger partial charge in [0.1, 0.15) is 22.9 Å². The maximum Gasteiger partial charge on any atom is 0.268 e. The number of pyridine rings is 1. The second-order valence-electron chi connectivity index (χ2n) is 8.52. The Hall–Kier alpha value is -3.62. The van der Waals surface area contributed by atoms with Gasteiger partial charge in [0, 0.05) is 37.1 Å². The first-order valence-corrected chi connectivity index (χ1v) is 12.1. The van der Waals surface area contributed by atoms with E-state index >= 15 is 0 Å². The summed E-state index contributed by atoms with van der Waals surface area (Å²) in [6, 6.07) is 18.0. The first-order chi connectivity index (χ1) is 16.7. The number of nitrogen functional groups attached to an aromatic ring is 1. The van der Waals surface area contributed by atoms with Crippen molar-refractivity contribution >= 4 is 38.8 Å². The predicted molar refractivity (Wildman–Crippen MR) is 134 cm³/mol. The molecule has 2 aromatic carbocycles. The number of carbonyl (C=O) groups is 1. The van der Waals surface area contributed by atoms with Gasteiger partial charge >= 0.3 is 0 Å². The molecular formula is C26H24N4O3S. The topological polar surface area (TPSA) is 89.7 Å². The van der Waals surface area contributed by atoms with Gasteiger partial charge < -0.3 is 20.5 Å². The van der Waals surface area contributed by atoms with Gasteiger partial charge in [-0.1, -0.05) is 36.4 Å². The van der Waals surface area contributed by atoms with Crippen LogP contribution >= 0.6 is 11.3 Å². The first kappa shape index (κ1) is 20.9. The van der Waals surface area contributed by atoms with Crippen molar-refractivity contribution in [2.75, 3.05) is 30.8 Å². The average Bonchev–Trinajstić information content (AvgIpc) is 3.19. The lowest BCUT2D eigenvalue weighted by Gasteiger charge is -2.28. The van der Waals surface area contributed by atoms with E-state index in [4.69, 9.17) is 20.2 Å². The molecule has 0 fully saturated rings.